The van der Waals surface area contributed by atoms with E-state index in [0.29, 0.717) is 18.2 Å². The van der Waals surface area contributed by atoms with Gasteiger partial charge in [-0.3, -0.25) is 0 Å². The van der Waals surface area contributed by atoms with Gasteiger partial charge in [0.25, 0.3) is 0 Å². The zero-order chi connectivity index (χ0) is 17.4. The Morgan fingerprint density at radius 1 is 1.17 bits per heavy atom. The van der Waals surface area contributed by atoms with Crippen molar-refractivity contribution in [1.82, 2.24) is 15.6 Å². The lowest BCUT2D eigenvalue weighted by molar-refractivity contribution is 0.187. The van der Waals surface area contributed by atoms with Gasteiger partial charge in [-0.15, -0.1) is 0 Å². The zero-order valence-electron chi connectivity index (χ0n) is 13.7. The number of carbonyl (C=O) groups is 1. The molecule has 0 bridgehead atoms. The number of aromatic nitrogens is 1. The van der Waals surface area contributed by atoms with E-state index in [9.17, 15) is 4.79 Å². The molecule has 1 unspecified atom stereocenters. The normalized spacial score (nSPS) is 11.5. The van der Waals surface area contributed by atoms with Gasteiger partial charge in [-0.05, 0) is 36.8 Å². The number of methoxy groups -OCH3 is 1. The van der Waals surface area contributed by atoms with Gasteiger partial charge in [0, 0.05) is 25.4 Å². The van der Waals surface area contributed by atoms with Crippen molar-refractivity contribution in [3.05, 3.63) is 48.2 Å². The van der Waals surface area contributed by atoms with Crippen LogP contribution >= 0.6 is 0 Å². The number of nitrogens with zero attached hydrogens (tertiary/aromatic N) is 1. The Kier molecular flexibility index (Phi) is 6.39. The molecule has 0 spiro atoms. The van der Waals surface area contributed by atoms with Crippen molar-refractivity contribution in [2.75, 3.05) is 13.7 Å². The Hall–Kier alpha value is -2.80. The summed E-state index contributed by atoms with van der Waals surface area (Å²) in [7, 11) is 1.61. The SMILES string of the molecule is COc1ccc(Oc2ccc(CNC(=O)NCC(C)O)cn2)cc1. The highest BCUT2D eigenvalue weighted by atomic mass is 16.5. The molecule has 0 aliphatic rings. The monoisotopic (exact) mass is 331 g/mol. The van der Waals surface area contributed by atoms with E-state index >= 15 is 0 Å². The highest BCUT2D eigenvalue weighted by Gasteiger charge is 2.04. The first-order chi connectivity index (χ1) is 11.6. The molecule has 0 fully saturated rings. The third-order valence-electron chi connectivity index (χ3n) is 3.09. The summed E-state index contributed by atoms with van der Waals surface area (Å²) in [6, 6.07) is 10.4. The summed E-state index contributed by atoms with van der Waals surface area (Å²) < 4.78 is 10.7. The van der Waals surface area contributed by atoms with Crippen molar-refractivity contribution in [3.63, 3.8) is 0 Å². The van der Waals surface area contributed by atoms with Crippen molar-refractivity contribution in [2.24, 2.45) is 0 Å². The highest BCUT2D eigenvalue weighted by molar-refractivity contribution is 5.73. The Morgan fingerprint density at radius 2 is 1.88 bits per heavy atom. The number of carbonyl (C=O) groups excluding carboxylic acids is 1. The van der Waals surface area contributed by atoms with Gasteiger partial charge >= 0.3 is 6.03 Å². The molecule has 2 rings (SSSR count). The Balaban J connectivity index is 1.82. The average molecular weight is 331 g/mol. The number of urea groups is 1. The summed E-state index contributed by atoms with van der Waals surface area (Å²) in [4.78, 5) is 15.7. The molecule has 1 heterocycles. The summed E-state index contributed by atoms with van der Waals surface area (Å²) >= 11 is 0. The van der Waals surface area contributed by atoms with Crippen molar-refractivity contribution in [2.45, 2.75) is 19.6 Å². The fraction of sp³-hybridized carbons (Fsp3) is 0.294. The topological polar surface area (TPSA) is 92.7 Å². The summed E-state index contributed by atoms with van der Waals surface area (Å²) in [6.07, 6.45) is 1.06. The highest BCUT2D eigenvalue weighted by Crippen LogP contribution is 2.22. The molecule has 7 heteroatoms. The van der Waals surface area contributed by atoms with Crippen LogP contribution in [0.25, 0.3) is 0 Å². The number of rotatable bonds is 7. The van der Waals surface area contributed by atoms with Gasteiger partial charge in [-0.1, -0.05) is 6.07 Å². The quantitative estimate of drug-likeness (QED) is 0.722. The minimum absolute atomic E-state index is 0.207. The molecule has 0 saturated heterocycles. The molecule has 2 aromatic rings. The second-order valence-corrected chi connectivity index (χ2v) is 5.19. The lowest BCUT2D eigenvalue weighted by atomic mass is 10.3. The Bertz CT molecular complexity index is 642. The molecular formula is C17H21N3O4. The molecule has 2 amide bonds. The maximum atomic E-state index is 11.5. The van der Waals surface area contributed by atoms with Gasteiger partial charge < -0.3 is 25.2 Å². The summed E-state index contributed by atoms with van der Waals surface area (Å²) in [6.45, 7) is 2.14. The smallest absolute Gasteiger partial charge is 0.315 e. The van der Waals surface area contributed by atoms with E-state index in [2.05, 4.69) is 15.6 Å². The van der Waals surface area contributed by atoms with Gasteiger partial charge in [-0.25, -0.2) is 9.78 Å². The molecule has 0 aliphatic heterocycles. The van der Waals surface area contributed by atoms with Crippen molar-refractivity contribution >= 4 is 6.03 Å². The lowest BCUT2D eigenvalue weighted by Crippen LogP contribution is -2.38. The van der Waals surface area contributed by atoms with Crippen LogP contribution in [0.4, 0.5) is 4.79 Å². The van der Waals surface area contributed by atoms with Crippen LogP contribution in [-0.2, 0) is 6.54 Å². The zero-order valence-corrected chi connectivity index (χ0v) is 13.7. The predicted octanol–water partition coefficient (Wildman–Crippen LogP) is 2.06. The molecule has 0 aliphatic carbocycles. The van der Waals surface area contributed by atoms with E-state index < -0.39 is 6.10 Å². The van der Waals surface area contributed by atoms with Gasteiger partial charge in [0.15, 0.2) is 0 Å². The average Bonchev–Trinajstić information content (AvgIpc) is 2.60. The molecule has 1 aromatic carbocycles. The van der Waals surface area contributed by atoms with Crippen molar-refractivity contribution in [1.29, 1.82) is 0 Å². The molecule has 1 atom stereocenters. The fourth-order valence-corrected chi connectivity index (χ4v) is 1.83. The summed E-state index contributed by atoms with van der Waals surface area (Å²) in [5.74, 6) is 1.87. The predicted molar refractivity (Wildman–Crippen MR) is 89.2 cm³/mol. The minimum atomic E-state index is -0.577. The summed E-state index contributed by atoms with van der Waals surface area (Å²) in [5.41, 5.74) is 0.837. The minimum Gasteiger partial charge on any atom is -0.497 e. The maximum absolute atomic E-state index is 11.5. The maximum Gasteiger partial charge on any atom is 0.315 e. The molecule has 1 aromatic heterocycles. The first kappa shape index (κ1) is 17.6. The molecular weight excluding hydrogens is 310 g/mol. The molecule has 3 N–H and O–H groups in total. The molecule has 7 nitrogen and oxygen atoms in total. The first-order valence-electron chi connectivity index (χ1n) is 7.53. The standard InChI is InChI=1S/C17H21N3O4/c1-12(21)9-19-17(22)20-11-13-3-8-16(18-10-13)24-15-6-4-14(23-2)5-7-15/h3-8,10,12,21H,9,11H2,1-2H3,(H2,19,20,22). The van der Waals surface area contributed by atoms with E-state index in [0.717, 1.165) is 11.3 Å². The van der Waals surface area contributed by atoms with E-state index in [-0.39, 0.29) is 12.6 Å². The number of hydrogen-bond acceptors (Lipinski definition) is 5. The van der Waals surface area contributed by atoms with Crippen molar-refractivity contribution in [3.8, 4) is 17.4 Å². The number of benzene rings is 1. The van der Waals surface area contributed by atoms with Crippen LogP contribution in [0.3, 0.4) is 0 Å². The number of aliphatic hydroxyl groups is 1. The van der Waals surface area contributed by atoms with Crippen LogP contribution in [0.1, 0.15) is 12.5 Å². The van der Waals surface area contributed by atoms with Crippen LogP contribution in [0, 0.1) is 0 Å². The first-order valence-corrected chi connectivity index (χ1v) is 7.53. The van der Waals surface area contributed by atoms with Gasteiger partial charge in [0.05, 0.1) is 13.2 Å². The number of hydrogen-bond donors (Lipinski definition) is 3. The third-order valence-corrected chi connectivity index (χ3v) is 3.09. The van der Waals surface area contributed by atoms with Gasteiger partial charge in [0.2, 0.25) is 5.88 Å². The van der Waals surface area contributed by atoms with E-state index in [4.69, 9.17) is 14.6 Å². The third kappa shape index (κ3) is 5.77. The Labute approximate surface area is 140 Å². The number of amides is 2. The molecule has 0 radical (unpaired) electrons. The van der Waals surface area contributed by atoms with Crippen molar-refractivity contribution < 1.29 is 19.4 Å². The lowest BCUT2D eigenvalue weighted by Gasteiger charge is -2.09. The van der Waals surface area contributed by atoms with Crippen LogP contribution < -0.4 is 20.1 Å². The molecule has 128 valence electrons. The van der Waals surface area contributed by atoms with Crippen LogP contribution in [-0.4, -0.2) is 35.9 Å². The molecule has 0 saturated carbocycles. The summed E-state index contributed by atoms with van der Waals surface area (Å²) in [5, 5.41) is 14.3. The second kappa shape index (κ2) is 8.73. The number of ether oxygens (including phenoxy) is 2. The Morgan fingerprint density at radius 3 is 2.46 bits per heavy atom. The van der Waals surface area contributed by atoms with Gasteiger partial charge in [0.1, 0.15) is 11.5 Å². The van der Waals surface area contributed by atoms with Crippen LogP contribution in [0.15, 0.2) is 42.6 Å². The van der Waals surface area contributed by atoms with Crippen LogP contribution in [0.2, 0.25) is 0 Å². The van der Waals surface area contributed by atoms with E-state index in [1.54, 1.807) is 50.6 Å². The fourth-order valence-electron chi connectivity index (χ4n) is 1.83. The van der Waals surface area contributed by atoms with Crippen LogP contribution in [0.5, 0.6) is 17.4 Å². The van der Waals surface area contributed by atoms with Gasteiger partial charge in [-0.2, -0.15) is 0 Å². The number of aliphatic hydroxyl groups excluding tert-OH is 1. The second-order valence-electron chi connectivity index (χ2n) is 5.19. The molecule has 24 heavy (non-hydrogen) atoms. The number of nitrogens with one attached hydrogen (secondary N) is 2. The van der Waals surface area contributed by atoms with E-state index in [1.807, 2.05) is 6.07 Å². The largest absolute Gasteiger partial charge is 0.497 e. The number of pyridine rings is 1. The van der Waals surface area contributed by atoms with E-state index in [1.165, 1.54) is 0 Å².